The van der Waals surface area contributed by atoms with E-state index in [0.717, 1.165) is 5.56 Å². The minimum absolute atomic E-state index is 0.201. The molecule has 0 aliphatic heterocycles. The van der Waals surface area contributed by atoms with E-state index in [0.29, 0.717) is 24.3 Å². The Morgan fingerprint density at radius 3 is 2.56 bits per heavy atom. The molecule has 126 valence electrons. The third-order valence-electron chi connectivity index (χ3n) is 3.72. The van der Waals surface area contributed by atoms with Gasteiger partial charge in [0, 0.05) is 29.5 Å². The molecule has 3 aromatic rings. The highest BCUT2D eigenvalue weighted by molar-refractivity contribution is 5.83. The number of aromatic nitrogens is 1. The van der Waals surface area contributed by atoms with Crippen molar-refractivity contribution in [3.8, 4) is 22.8 Å². The van der Waals surface area contributed by atoms with Crippen LogP contribution >= 0.6 is 0 Å². The fourth-order valence-corrected chi connectivity index (χ4v) is 2.42. The highest BCUT2D eigenvalue weighted by atomic mass is 19.1. The first kappa shape index (κ1) is 16.6. The van der Waals surface area contributed by atoms with Gasteiger partial charge in [-0.05, 0) is 17.7 Å². The molecule has 25 heavy (non-hydrogen) atoms. The summed E-state index contributed by atoms with van der Waals surface area (Å²) >= 11 is 0. The number of carbonyl (C=O) groups is 1. The highest BCUT2D eigenvalue weighted by Gasteiger charge is 2.12. The predicted molar refractivity (Wildman–Crippen MR) is 92.3 cm³/mol. The van der Waals surface area contributed by atoms with Crippen molar-refractivity contribution in [2.24, 2.45) is 0 Å². The van der Waals surface area contributed by atoms with Gasteiger partial charge in [-0.2, -0.15) is 0 Å². The summed E-state index contributed by atoms with van der Waals surface area (Å²) in [6.07, 6.45) is 2.15. The molecule has 0 aliphatic rings. The molecule has 0 bridgehead atoms. The van der Waals surface area contributed by atoms with Crippen molar-refractivity contribution in [3.63, 3.8) is 0 Å². The molecule has 0 spiro atoms. The van der Waals surface area contributed by atoms with E-state index in [1.54, 1.807) is 12.1 Å². The molecule has 5 heteroatoms. The van der Waals surface area contributed by atoms with Crippen LogP contribution < -0.4 is 9.47 Å². The number of ether oxygens (including phenoxy) is 2. The summed E-state index contributed by atoms with van der Waals surface area (Å²) < 4.78 is 24.9. The predicted octanol–water partition coefficient (Wildman–Crippen LogP) is 4.29. The summed E-state index contributed by atoms with van der Waals surface area (Å²) in [6.45, 7) is 0.402. The molecule has 0 saturated heterocycles. The molecule has 0 fully saturated rings. The summed E-state index contributed by atoms with van der Waals surface area (Å²) in [5, 5.41) is 0. The Morgan fingerprint density at radius 1 is 1.12 bits per heavy atom. The molecule has 0 aliphatic carbocycles. The van der Waals surface area contributed by atoms with Crippen molar-refractivity contribution in [2.75, 3.05) is 7.11 Å². The largest absolute Gasteiger partial charge is 0.496 e. The van der Waals surface area contributed by atoms with E-state index in [2.05, 4.69) is 4.98 Å². The van der Waals surface area contributed by atoms with Gasteiger partial charge in [0.15, 0.2) is 6.29 Å². The van der Waals surface area contributed by atoms with Gasteiger partial charge in [-0.3, -0.25) is 4.79 Å². The van der Waals surface area contributed by atoms with Crippen LogP contribution in [0.3, 0.4) is 0 Å². The second kappa shape index (κ2) is 7.57. The van der Waals surface area contributed by atoms with Gasteiger partial charge in [0.1, 0.15) is 18.2 Å². The van der Waals surface area contributed by atoms with Crippen molar-refractivity contribution in [1.82, 2.24) is 4.98 Å². The quantitative estimate of drug-likeness (QED) is 0.630. The first-order chi connectivity index (χ1) is 12.2. The Bertz CT molecular complexity index is 864. The number of methoxy groups -OCH3 is 1. The van der Waals surface area contributed by atoms with Crippen LogP contribution in [0.2, 0.25) is 0 Å². The number of pyridine rings is 1. The van der Waals surface area contributed by atoms with Crippen molar-refractivity contribution >= 4 is 6.29 Å². The molecule has 0 atom stereocenters. The molecule has 0 radical (unpaired) electrons. The Kier molecular flexibility index (Phi) is 5.04. The van der Waals surface area contributed by atoms with Crippen LogP contribution in [0.4, 0.5) is 4.39 Å². The van der Waals surface area contributed by atoms with Gasteiger partial charge < -0.3 is 9.47 Å². The summed E-state index contributed by atoms with van der Waals surface area (Å²) in [6, 6.07) is 15.7. The maximum absolute atomic E-state index is 14.3. The maximum atomic E-state index is 14.3. The summed E-state index contributed by atoms with van der Waals surface area (Å²) in [7, 11) is 1.39. The summed E-state index contributed by atoms with van der Waals surface area (Å²) in [4.78, 5) is 15.3. The van der Waals surface area contributed by atoms with Crippen LogP contribution in [0.5, 0.6) is 11.6 Å². The Hall–Kier alpha value is -3.21. The Morgan fingerprint density at radius 2 is 1.92 bits per heavy atom. The number of hydrogen-bond acceptors (Lipinski definition) is 4. The molecule has 1 heterocycles. The van der Waals surface area contributed by atoms with Crippen molar-refractivity contribution in [2.45, 2.75) is 6.61 Å². The van der Waals surface area contributed by atoms with E-state index in [4.69, 9.17) is 9.47 Å². The van der Waals surface area contributed by atoms with E-state index in [1.165, 1.54) is 25.4 Å². The number of rotatable bonds is 6. The summed E-state index contributed by atoms with van der Waals surface area (Å²) in [5.41, 5.74) is 2.15. The molecule has 0 amide bonds. The van der Waals surface area contributed by atoms with E-state index in [9.17, 15) is 9.18 Å². The average molecular weight is 337 g/mol. The van der Waals surface area contributed by atoms with Gasteiger partial charge in [0.25, 0.3) is 0 Å². The van der Waals surface area contributed by atoms with E-state index < -0.39 is 5.82 Å². The Balaban J connectivity index is 1.79. The maximum Gasteiger partial charge on any atom is 0.213 e. The number of halogens is 1. The fraction of sp³-hybridized carbons (Fsp3) is 0.100. The lowest BCUT2D eigenvalue weighted by Gasteiger charge is -2.10. The van der Waals surface area contributed by atoms with Gasteiger partial charge in [0.05, 0.1) is 12.7 Å². The molecule has 0 unspecified atom stereocenters. The molecule has 2 aromatic carbocycles. The number of carbonyl (C=O) groups excluding carboxylic acids is 1. The van der Waals surface area contributed by atoms with Crippen molar-refractivity contribution < 1.29 is 18.7 Å². The minimum Gasteiger partial charge on any atom is -0.496 e. The van der Waals surface area contributed by atoms with E-state index in [1.807, 2.05) is 30.3 Å². The third-order valence-corrected chi connectivity index (χ3v) is 3.72. The lowest BCUT2D eigenvalue weighted by molar-refractivity contribution is 0.112. The van der Waals surface area contributed by atoms with Gasteiger partial charge in [0.2, 0.25) is 5.88 Å². The lowest BCUT2D eigenvalue weighted by Crippen LogP contribution is -1.98. The van der Waals surface area contributed by atoms with Crippen LogP contribution in [0.15, 0.2) is 60.8 Å². The van der Waals surface area contributed by atoms with Crippen molar-refractivity contribution in [3.05, 3.63) is 77.7 Å². The molecule has 4 nitrogen and oxygen atoms in total. The molecular formula is C20H16FNO3. The molecule has 3 rings (SSSR count). The number of aldehydes is 1. The normalized spacial score (nSPS) is 10.3. The Labute approximate surface area is 144 Å². The van der Waals surface area contributed by atoms with Crippen LogP contribution in [0.1, 0.15) is 15.9 Å². The van der Waals surface area contributed by atoms with E-state index in [-0.39, 0.29) is 16.9 Å². The van der Waals surface area contributed by atoms with Crippen LogP contribution in [-0.4, -0.2) is 18.4 Å². The molecule has 1 aromatic heterocycles. The molecule has 0 N–H and O–H groups in total. The van der Waals surface area contributed by atoms with Gasteiger partial charge in [-0.25, -0.2) is 9.37 Å². The van der Waals surface area contributed by atoms with Crippen LogP contribution in [0.25, 0.3) is 11.1 Å². The highest BCUT2D eigenvalue weighted by Crippen LogP contribution is 2.29. The zero-order valence-electron chi connectivity index (χ0n) is 13.6. The van der Waals surface area contributed by atoms with Gasteiger partial charge in [-0.1, -0.05) is 30.3 Å². The number of hydrogen-bond donors (Lipinski definition) is 0. The topological polar surface area (TPSA) is 48.4 Å². The first-order valence-corrected chi connectivity index (χ1v) is 7.67. The minimum atomic E-state index is -0.484. The molecular weight excluding hydrogens is 321 g/mol. The zero-order chi connectivity index (χ0) is 17.6. The first-order valence-electron chi connectivity index (χ1n) is 7.67. The molecule has 0 saturated carbocycles. The number of nitrogens with zero attached hydrogens (tertiary/aromatic N) is 1. The van der Waals surface area contributed by atoms with Gasteiger partial charge >= 0.3 is 0 Å². The van der Waals surface area contributed by atoms with Crippen LogP contribution in [-0.2, 0) is 6.61 Å². The number of benzene rings is 2. The second-order valence-electron chi connectivity index (χ2n) is 5.35. The fourth-order valence-electron chi connectivity index (χ4n) is 2.42. The third kappa shape index (κ3) is 3.83. The van der Waals surface area contributed by atoms with Gasteiger partial charge in [-0.15, -0.1) is 0 Å². The standard InChI is InChI=1S/C20H16FNO3/c1-24-19-10-18(21)17(9-16(19)12-23)15-7-8-20(22-11-15)25-13-14-5-3-2-4-6-14/h2-12H,13H2,1H3. The van der Waals surface area contributed by atoms with Crippen molar-refractivity contribution in [1.29, 1.82) is 0 Å². The monoisotopic (exact) mass is 337 g/mol. The lowest BCUT2D eigenvalue weighted by atomic mass is 10.0. The SMILES string of the molecule is COc1cc(F)c(-c2ccc(OCc3ccccc3)nc2)cc1C=O. The van der Waals surface area contributed by atoms with Crippen LogP contribution in [0, 0.1) is 5.82 Å². The second-order valence-corrected chi connectivity index (χ2v) is 5.35. The smallest absolute Gasteiger partial charge is 0.213 e. The average Bonchev–Trinajstić information content (AvgIpc) is 2.67. The van der Waals surface area contributed by atoms with E-state index >= 15 is 0 Å². The zero-order valence-corrected chi connectivity index (χ0v) is 13.6. The summed E-state index contributed by atoms with van der Waals surface area (Å²) in [5.74, 6) is 0.159.